The van der Waals surface area contributed by atoms with Crippen LogP contribution < -0.4 is 5.32 Å². The molecule has 16 heavy (non-hydrogen) atoms. The van der Waals surface area contributed by atoms with Gasteiger partial charge in [-0.15, -0.1) is 0 Å². The summed E-state index contributed by atoms with van der Waals surface area (Å²) < 4.78 is 0. The van der Waals surface area contributed by atoms with Crippen molar-refractivity contribution >= 4 is 0 Å². The molecule has 1 aliphatic heterocycles. The highest BCUT2D eigenvalue weighted by atomic mass is 15.2. The Balaban J connectivity index is 1.91. The van der Waals surface area contributed by atoms with E-state index >= 15 is 0 Å². The van der Waals surface area contributed by atoms with Crippen LogP contribution in [0.2, 0.25) is 0 Å². The molecule has 2 fully saturated rings. The van der Waals surface area contributed by atoms with Crippen LogP contribution in [-0.2, 0) is 0 Å². The van der Waals surface area contributed by atoms with Gasteiger partial charge in [0.15, 0.2) is 0 Å². The van der Waals surface area contributed by atoms with Crippen LogP contribution in [-0.4, -0.2) is 36.6 Å². The molecule has 0 aromatic rings. The Morgan fingerprint density at radius 2 is 2.00 bits per heavy atom. The van der Waals surface area contributed by atoms with Gasteiger partial charge in [0.05, 0.1) is 0 Å². The monoisotopic (exact) mass is 224 g/mol. The van der Waals surface area contributed by atoms with E-state index in [-0.39, 0.29) is 0 Å². The zero-order valence-electron chi connectivity index (χ0n) is 11.0. The number of rotatable bonds is 3. The maximum Gasteiger partial charge on any atom is 0.0220 e. The van der Waals surface area contributed by atoms with Gasteiger partial charge in [-0.3, -0.25) is 4.90 Å². The quantitative estimate of drug-likeness (QED) is 0.793. The molecule has 0 aromatic carbocycles. The number of nitrogens with one attached hydrogen (secondary N) is 1. The third-order valence-corrected chi connectivity index (χ3v) is 4.63. The van der Waals surface area contributed by atoms with Gasteiger partial charge in [0.2, 0.25) is 0 Å². The average molecular weight is 224 g/mol. The molecular formula is C14H28N2. The van der Waals surface area contributed by atoms with Crippen LogP contribution in [0.4, 0.5) is 0 Å². The average Bonchev–Trinajstić information content (AvgIpc) is 2.73. The number of hydrogen-bond donors (Lipinski definition) is 1. The fourth-order valence-electron chi connectivity index (χ4n) is 3.24. The van der Waals surface area contributed by atoms with Crippen LogP contribution in [0, 0.1) is 5.92 Å². The first-order chi connectivity index (χ1) is 7.81. The molecule has 2 rings (SSSR count). The van der Waals surface area contributed by atoms with Crippen molar-refractivity contribution in [3.63, 3.8) is 0 Å². The molecular weight excluding hydrogens is 196 g/mol. The zero-order valence-corrected chi connectivity index (χ0v) is 11.0. The molecule has 1 N–H and O–H groups in total. The lowest BCUT2D eigenvalue weighted by Gasteiger charge is -2.32. The Kier molecular flexibility index (Phi) is 4.66. The van der Waals surface area contributed by atoms with E-state index in [9.17, 15) is 0 Å². The Labute approximate surface area is 101 Å². The largest absolute Gasteiger partial charge is 0.312 e. The summed E-state index contributed by atoms with van der Waals surface area (Å²) in [6.45, 7) is 8.55. The highest BCUT2D eigenvalue weighted by Gasteiger charge is 2.27. The Morgan fingerprint density at radius 1 is 1.25 bits per heavy atom. The van der Waals surface area contributed by atoms with Crippen LogP contribution in [0.3, 0.4) is 0 Å². The predicted octanol–water partition coefficient (Wildman–Crippen LogP) is 2.64. The van der Waals surface area contributed by atoms with Gasteiger partial charge < -0.3 is 5.32 Å². The van der Waals surface area contributed by atoms with Crippen molar-refractivity contribution < 1.29 is 0 Å². The summed E-state index contributed by atoms with van der Waals surface area (Å²) >= 11 is 0. The van der Waals surface area contributed by atoms with Gasteiger partial charge in [-0.1, -0.05) is 33.1 Å². The van der Waals surface area contributed by atoms with Gasteiger partial charge in [-0.05, 0) is 38.3 Å². The Morgan fingerprint density at radius 3 is 2.69 bits per heavy atom. The molecule has 0 bridgehead atoms. The summed E-state index contributed by atoms with van der Waals surface area (Å²) in [5, 5.41) is 3.74. The molecule has 0 amide bonds. The summed E-state index contributed by atoms with van der Waals surface area (Å²) in [5.41, 5.74) is 0. The summed E-state index contributed by atoms with van der Waals surface area (Å²) in [6.07, 6.45) is 8.46. The summed E-state index contributed by atoms with van der Waals surface area (Å²) in [6, 6.07) is 1.64. The molecule has 2 heteroatoms. The maximum atomic E-state index is 3.74. The van der Waals surface area contributed by atoms with E-state index in [0.717, 1.165) is 18.0 Å². The van der Waals surface area contributed by atoms with Crippen molar-refractivity contribution in [3.05, 3.63) is 0 Å². The highest BCUT2D eigenvalue weighted by Crippen LogP contribution is 2.25. The fraction of sp³-hybridized carbons (Fsp3) is 1.00. The van der Waals surface area contributed by atoms with Crippen LogP contribution in [0.5, 0.6) is 0 Å². The van der Waals surface area contributed by atoms with Gasteiger partial charge in [0.25, 0.3) is 0 Å². The minimum atomic E-state index is 0.730. The summed E-state index contributed by atoms with van der Waals surface area (Å²) in [4.78, 5) is 2.78. The van der Waals surface area contributed by atoms with Crippen molar-refractivity contribution in [1.82, 2.24) is 10.2 Å². The smallest absolute Gasteiger partial charge is 0.0220 e. The van der Waals surface area contributed by atoms with E-state index in [1.807, 2.05) is 0 Å². The molecule has 0 aromatic heterocycles. The molecule has 1 saturated carbocycles. The van der Waals surface area contributed by atoms with Crippen LogP contribution >= 0.6 is 0 Å². The van der Waals surface area contributed by atoms with Gasteiger partial charge >= 0.3 is 0 Å². The molecule has 1 heterocycles. The first-order valence-corrected chi connectivity index (χ1v) is 7.28. The summed E-state index contributed by atoms with van der Waals surface area (Å²) in [5.74, 6) is 0.821. The van der Waals surface area contributed by atoms with Crippen LogP contribution in [0.15, 0.2) is 0 Å². The second kappa shape index (κ2) is 6.02. The SMILES string of the molecule is CCC(C)C1CN(C2CCCC2)CCCN1. The van der Waals surface area contributed by atoms with E-state index in [0.29, 0.717) is 0 Å². The van der Waals surface area contributed by atoms with Gasteiger partial charge in [-0.2, -0.15) is 0 Å². The van der Waals surface area contributed by atoms with Crippen LogP contribution in [0.1, 0.15) is 52.4 Å². The van der Waals surface area contributed by atoms with E-state index in [4.69, 9.17) is 0 Å². The van der Waals surface area contributed by atoms with E-state index in [1.165, 1.54) is 58.2 Å². The van der Waals surface area contributed by atoms with Crippen molar-refractivity contribution in [3.8, 4) is 0 Å². The van der Waals surface area contributed by atoms with E-state index in [1.54, 1.807) is 0 Å². The van der Waals surface area contributed by atoms with Gasteiger partial charge in [0, 0.05) is 18.6 Å². The standard InChI is InChI=1S/C14H28N2/c1-3-12(2)14-11-16(10-6-9-15-14)13-7-4-5-8-13/h12-15H,3-11H2,1-2H3. The molecule has 2 unspecified atom stereocenters. The minimum Gasteiger partial charge on any atom is -0.312 e. The van der Waals surface area contributed by atoms with Gasteiger partial charge in [0.1, 0.15) is 0 Å². The number of hydrogen-bond acceptors (Lipinski definition) is 2. The van der Waals surface area contributed by atoms with Crippen LogP contribution in [0.25, 0.3) is 0 Å². The van der Waals surface area contributed by atoms with Crippen molar-refractivity contribution in [1.29, 1.82) is 0 Å². The maximum absolute atomic E-state index is 3.74. The van der Waals surface area contributed by atoms with E-state index in [2.05, 4.69) is 24.1 Å². The Bertz CT molecular complexity index is 199. The lowest BCUT2D eigenvalue weighted by atomic mass is 9.98. The Hall–Kier alpha value is -0.0800. The van der Waals surface area contributed by atoms with Crippen molar-refractivity contribution in [2.45, 2.75) is 64.5 Å². The molecule has 0 radical (unpaired) electrons. The molecule has 2 atom stereocenters. The number of nitrogens with zero attached hydrogens (tertiary/aromatic N) is 1. The van der Waals surface area contributed by atoms with Crippen molar-refractivity contribution in [2.24, 2.45) is 5.92 Å². The molecule has 0 spiro atoms. The second-order valence-electron chi connectivity index (χ2n) is 5.73. The predicted molar refractivity (Wildman–Crippen MR) is 69.7 cm³/mol. The minimum absolute atomic E-state index is 0.730. The zero-order chi connectivity index (χ0) is 11.4. The topological polar surface area (TPSA) is 15.3 Å². The second-order valence-corrected chi connectivity index (χ2v) is 5.73. The molecule has 1 saturated heterocycles. The molecule has 2 nitrogen and oxygen atoms in total. The first kappa shape index (κ1) is 12.4. The normalized spacial score (nSPS) is 31.5. The molecule has 1 aliphatic carbocycles. The third-order valence-electron chi connectivity index (χ3n) is 4.63. The van der Waals surface area contributed by atoms with E-state index < -0.39 is 0 Å². The van der Waals surface area contributed by atoms with Crippen molar-refractivity contribution in [2.75, 3.05) is 19.6 Å². The first-order valence-electron chi connectivity index (χ1n) is 7.28. The fourth-order valence-corrected chi connectivity index (χ4v) is 3.24. The van der Waals surface area contributed by atoms with Gasteiger partial charge in [-0.25, -0.2) is 0 Å². The summed E-state index contributed by atoms with van der Waals surface area (Å²) in [7, 11) is 0. The third kappa shape index (κ3) is 2.98. The highest BCUT2D eigenvalue weighted by molar-refractivity contribution is 4.85. The lowest BCUT2D eigenvalue weighted by Crippen LogP contribution is -2.44. The lowest BCUT2D eigenvalue weighted by molar-refractivity contribution is 0.178. The molecule has 94 valence electrons. The molecule has 2 aliphatic rings.